The molecule has 0 aliphatic carbocycles. The average Bonchev–Trinajstić information content (AvgIpc) is 2.63. The molecule has 0 saturated carbocycles. The van der Waals surface area contributed by atoms with Crippen LogP contribution >= 0.6 is 27.5 Å². The Morgan fingerprint density at radius 1 is 1.42 bits per heavy atom. The van der Waals surface area contributed by atoms with Gasteiger partial charge in [-0.05, 0) is 40.9 Å². The Labute approximate surface area is 126 Å². The van der Waals surface area contributed by atoms with Crippen LogP contribution in [0.2, 0.25) is 0 Å². The first-order valence-electron chi connectivity index (χ1n) is 6.46. The second-order valence-corrected chi connectivity index (χ2v) is 5.92. The van der Waals surface area contributed by atoms with Crippen LogP contribution < -0.4 is 0 Å². The summed E-state index contributed by atoms with van der Waals surface area (Å²) in [5, 5.41) is 0. The highest BCUT2D eigenvalue weighted by Crippen LogP contribution is 2.25. The van der Waals surface area contributed by atoms with Crippen molar-refractivity contribution in [3.05, 3.63) is 34.1 Å². The predicted molar refractivity (Wildman–Crippen MR) is 78.1 cm³/mol. The largest absolute Gasteiger partial charge is 0.334 e. The zero-order valence-electron chi connectivity index (χ0n) is 10.5. The minimum atomic E-state index is -0.489. The molecule has 0 spiro atoms. The van der Waals surface area contributed by atoms with E-state index in [0.29, 0.717) is 16.9 Å². The normalized spacial score (nSPS) is 20.2. The smallest absolute Gasteiger partial charge is 0.258 e. The lowest BCUT2D eigenvalue weighted by atomic mass is 10.1. The molecule has 0 N–H and O–H groups in total. The number of carbonyl (C=O) groups is 1. The van der Waals surface area contributed by atoms with Crippen LogP contribution in [-0.4, -0.2) is 29.3 Å². The van der Waals surface area contributed by atoms with Gasteiger partial charge in [0.1, 0.15) is 5.82 Å². The van der Waals surface area contributed by atoms with Crippen LogP contribution in [-0.2, 0) is 0 Å². The van der Waals surface area contributed by atoms with Crippen LogP contribution in [0.1, 0.15) is 36.0 Å². The molecule has 2 nitrogen and oxygen atoms in total. The van der Waals surface area contributed by atoms with Gasteiger partial charge in [0, 0.05) is 22.9 Å². The number of hydrogen-bond acceptors (Lipinski definition) is 1. The number of hydrogen-bond donors (Lipinski definition) is 0. The van der Waals surface area contributed by atoms with E-state index < -0.39 is 5.82 Å². The van der Waals surface area contributed by atoms with Crippen LogP contribution in [0.3, 0.4) is 0 Å². The highest BCUT2D eigenvalue weighted by Gasteiger charge is 2.28. The van der Waals surface area contributed by atoms with E-state index in [0.717, 1.165) is 25.7 Å². The van der Waals surface area contributed by atoms with Crippen LogP contribution in [0.15, 0.2) is 22.7 Å². The summed E-state index contributed by atoms with van der Waals surface area (Å²) in [6.07, 6.45) is 4.00. The topological polar surface area (TPSA) is 20.3 Å². The first kappa shape index (κ1) is 14.8. The molecule has 1 aromatic rings. The van der Waals surface area contributed by atoms with Gasteiger partial charge in [-0.2, -0.15) is 0 Å². The summed E-state index contributed by atoms with van der Waals surface area (Å²) in [6.45, 7) is 0.650. The number of amides is 1. The van der Waals surface area contributed by atoms with Gasteiger partial charge in [-0.25, -0.2) is 4.39 Å². The van der Waals surface area contributed by atoms with Gasteiger partial charge in [0.15, 0.2) is 0 Å². The number of likely N-dealkylation sites (tertiary alicyclic amines) is 1. The molecule has 1 aromatic carbocycles. The molecule has 0 aromatic heterocycles. The molecule has 2 rings (SSSR count). The fourth-order valence-electron chi connectivity index (χ4n) is 2.45. The molecule has 1 heterocycles. The van der Waals surface area contributed by atoms with Gasteiger partial charge in [0.2, 0.25) is 0 Å². The summed E-state index contributed by atoms with van der Waals surface area (Å²) in [7, 11) is 0. The van der Waals surface area contributed by atoms with E-state index in [-0.39, 0.29) is 17.5 Å². The summed E-state index contributed by atoms with van der Waals surface area (Å²) in [4.78, 5) is 14.3. The zero-order valence-corrected chi connectivity index (χ0v) is 12.9. The summed E-state index contributed by atoms with van der Waals surface area (Å²) < 4.78 is 14.4. The van der Waals surface area contributed by atoms with E-state index in [1.807, 2.05) is 0 Å². The molecule has 1 saturated heterocycles. The first-order chi connectivity index (χ1) is 9.15. The average molecular weight is 349 g/mol. The maximum absolute atomic E-state index is 13.9. The van der Waals surface area contributed by atoms with Crippen molar-refractivity contribution in [3.63, 3.8) is 0 Å². The Kier molecular flexibility index (Phi) is 5.22. The standard InChI is InChI=1S/C14H16BrClFNO/c15-11-6-4-7-12(17)13(11)14(19)18-8-3-1-2-5-10(18)9-16/h4,6-7,10H,1-3,5,8-9H2. The Balaban J connectivity index is 2.30. The molecule has 1 amide bonds. The number of rotatable bonds is 2. The second kappa shape index (κ2) is 6.71. The maximum atomic E-state index is 13.9. The second-order valence-electron chi connectivity index (χ2n) is 4.75. The van der Waals surface area contributed by atoms with Gasteiger partial charge < -0.3 is 4.90 Å². The fourth-order valence-corrected chi connectivity index (χ4v) is 3.28. The van der Waals surface area contributed by atoms with Crippen LogP contribution in [0.4, 0.5) is 4.39 Å². The minimum Gasteiger partial charge on any atom is -0.334 e. The molecule has 1 unspecified atom stereocenters. The molecule has 0 radical (unpaired) electrons. The van der Waals surface area contributed by atoms with E-state index in [2.05, 4.69) is 15.9 Å². The molecule has 0 bridgehead atoms. The fraction of sp³-hybridized carbons (Fsp3) is 0.500. The first-order valence-corrected chi connectivity index (χ1v) is 7.79. The minimum absolute atomic E-state index is 0.00294. The van der Waals surface area contributed by atoms with Crippen molar-refractivity contribution in [2.45, 2.75) is 31.7 Å². The predicted octanol–water partition coefficient (Wildman–Crippen LogP) is 4.21. The van der Waals surface area contributed by atoms with Crippen molar-refractivity contribution in [2.24, 2.45) is 0 Å². The van der Waals surface area contributed by atoms with E-state index in [1.54, 1.807) is 17.0 Å². The highest BCUT2D eigenvalue weighted by molar-refractivity contribution is 9.10. The number of benzene rings is 1. The number of alkyl halides is 1. The monoisotopic (exact) mass is 347 g/mol. The van der Waals surface area contributed by atoms with Gasteiger partial charge in [-0.3, -0.25) is 4.79 Å². The van der Waals surface area contributed by atoms with Gasteiger partial charge in [-0.1, -0.05) is 18.9 Å². The van der Waals surface area contributed by atoms with E-state index in [1.165, 1.54) is 6.07 Å². The summed E-state index contributed by atoms with van der Waals surface area (Å²) >= 11 is 9.21. The van der Waals surface area contributed by atoms with Crippen molar-refractivity contribution < 1.29 is 9.18 Å². The maximum Gasteiger partial charge on any atom is 0.258 e. The summed E-state index contributed by atoms with van der Waals surface area (Å²) in [5.41, 5.74) is 0.111. The molecular formula is C14H16BrClFNO. The third kappa shape index (κ3) is 3.29. The molecular weight excluding hydrogens is 333 g/mol. The SMILES string of the molecule is O=C(c1c(F)cccc1Br)N1CCCCCC1CCl. The van der Waals surface area contributed by atoms with E-state index in [4.69, 9.17) is 11.6 Å². The van der Waals surface area contributed by atoms with Gasteiger partial charge in [0.05, 0.1) is 5.56 Å². The van der Waals surface area contributed by atoms with Crippen LogP contribution in [0.25, 0.3) is 0 Å². The summed E-state index contributed by atoms with van der Waals surface area (Å²) in [6, 6.07) is 4.58. The van der Waals surface area contributed by atoms with E-state index >= 15 is 0 Å². The van der Waals surface area contributed by atoms with Crippen LogP contribution in [0.5, 0.6) is 0 Å². The third-order valence-corrected chi connectivity index (χ3v) is 4.51. The molecule has 104 valence electrons. The zero-order chi connectivity index (χ0) is 13.8. The Hall–Kier alpha value is -0.610. The Morgan fingerprint density at radius 3 is 2.89 bits per heavy atom. The van der Waals surface area contributed by atoms with Crippen molar-refractivity contribution in [3.8, 4) is 0 Å². The number of halogens is 3. The van der Waals surface area contributed by atoms with Crippen molar-refractivity contribution in [2.75, 3.05) is 12.4 Å². The quantitative estimate of drug-likeness (QED) is 0.733. The van der Waals surface area contributed by atoms with E-state index in [9.17, 15) is 9.18 Å². The molecule has 19 heavy (non-hydrogen) atoms. The lowest BCUT2D eigenvalue weighted by Crippen LogP contribution is -2.41. The molecule has 5 heteroatoms. The lowest BCUT2D eigenvalue weighted by Gasteiger charge is -2.29. The molecule has 1 atom stereocenters. The van der Waals surface area contributed by atoms with Crippen LogP contribution in [0, 0.1) is 5.82 Å². The van der Waals surface area contributed by atoms with Gasteiger partial charge in [-0.15, -0.1) is 11.6 Å². The van der Waals surface area contributed by atoms with Crippen molar-refractivity contribution in [1.29, 1.82) is 0 Å². The lowest BCUT2D eigenvalue weighted by molar-refractivity contribution is 0.0694. The van der Waals surface area contributed by atoms with Gasteiger partial charge >= 0.3 is 0 Å². The third-order valence-electron chi connectivity index (χ3n) is 3.49. The Bertz CT molecular complexity index is 449. The Morgan fingerprint density at radius 2 is 2.21 bits per heavy atom. The van der Waals surface area contributed by atoms with Crippen molar-refractivity contribution in [1.82, 2.24) is 4.90 Å². The summed E-state index contributed by atoms with van der Waals surface area (Å²) in [5.74, 6) is -0.355. The molecule has 1 aliphatic heterocycles. The molecule has 1 fully saturated rings. The highest BCUT2D eigenvalue weighted by atomic mass is 79.9. The molecule has 1 aliphatic rings. The van der Waals surface area contributed by atoms with Crippen molar-refractivity contribution >= 4 is 33.4 Å². The number of nitrogens with zero attached hydrogens (tertiary/aromatic N) is 1. The van der Waals surface area contributed by atoms with Gasteiger partial charge in [0.25, 0.3) is 5.91 Å². The number of carbonyl (C=O) groups excluding carboxylic acids is 1.